The topological polar surface area (TPSA) is 51.2 Å². The molecule has 0 heterocycles. The summed E-state index contributed by atoms with van der Waals surface area (Å²) in [5.74, 6) is -1.10. The van der Waals surface area contributed by atoms with Gasteiger partial charge in [0.25, 0.3) is 0 Å². The van der Waals surface area contributed by atoms with E-state index in [0.717, 1.165) is 11.6 Å². The van der Waals surface area contributed by atoms with E-state index in [1.165, 1.54) is 0 Å². The zero-order chi connectivity index (χ0) is 15.0. The summed E-state index contributed by atoms with van der Waals surface area (Å²) in [4.78, 5) is 37.1. The van der Waals surface area contributed by atoms with Crippen LogP contribution in [0.25, 0.3) is 0 Å². The van der Waals surface area contributed by atoms with E-state index in [9.17, 15) is 14.4 Å². The first-order valence-corrected chi connectivity index (χ1v) is 6.59. The second-order valence-corrected chi connectivity index (χ2v) is 4.94. The molecule has 2 aromatic rings. The number of ketones is 3. The lowest BCUT2D eigenvalue weighted by molar-refractivity contribution is 0.0934. The van der Waals surface area contributed by atoms with Crippen molar-refractivity contribution in [3.05, 3.63) is 82.4 Å². The first-order chi connectivity index (χ1) is 10.1. The molecule has 0 aromatic heterocycles. The molecule has 102 valence electrons. The number of rotatable bonds is 2. The minimum absolute atomic E-state index is 0.0620. The quantitative estimate of drug-likeness (QED) is 0.625. The fourth-order valence-corrected chi connectivity index (χ4v) is 2.46. The van der Waals surface area contributed by atoms with Gasteiger partial charge in [-0.25, -0.2) is 0 Å². The van der Waals surface area contributed by atoms with Gasteiger partial charge in [-0.3, -0.25) is 14.4 Å². The number of allylic oxidation sites excluding steroid dienone is 2. The molecule has 1 aliphatic carbocycles. The van der Waals surface area contributed by atoms with E-state index in [4.69, 9.17) is 0 Å². The first-order valence-electron chi connectivity index (χ1n) is 6.59. The summed E-state index contributed by atoms with van der Waals surface area (Å²) in [6.45, 7) is 1.80. The van der Waals surface area contributed by atoms with Crippen LogP contribution in [0.1, 0.15) is 36.6 Å². The van der Waals surface area contributed by atoms with E-state index in [1.807, 2.05) is 6.07 Å². The van der Waals surface area contributed by atoms with Crippen molar-refractivity contribution in [1.29, 1.82) is 0 Å². The lowest BCUT2D eigenvalue weighted by Gasteiger charge is -2.14. The van der Waals surface area contributed by atoms with Crippen LogP contribution in [0.2, 0.25) is 0 Å². The van der Waals surface area contributed by atoms with Crippen LogP contribution in [0.3, 0.4) is 0 Å². The Morgan fingerprint density at radius 2 is 1.48 bits per heavy atom. The number of aryl methyl sites for hydroxylation is 1. The average molecular weight is 276 g/mol. The SMILES string of the molecule is Cc1ccccc1C(=O)C1=CC(=O)c2ccccc2C1=O. The van der Waals surface area contributed by atoms with Crippen LogP contribution in [-0.2, 0) is 0 Å². The fourth-order valence-electron chi connectivity index (χ4n) is 2.46. The summed E-state index contributed by atoms with van der Waals surface area (Å²) in [6, 6.07) is 13.6. The second kappa shape index (κ2) is 4.94. The van der Waals surface area contributed by atoms with Crippen molar-refractivity contribution in [3.8, 4) is 0 Å². The maximum Gasteiger partial charge on any atom is 0.197 e. The minimum Gasteiger partial charge on any atom is -0.289 e. The lowest BCUT2D eigenvalue weighted by atomic mass is 9.85. The third-order valence-electron chi connectivity index (χ3n) is 3.59. The average Bonchev–Trinajstić information content (AvgIpc) is 2.51. The van der Waals surface area contributed by atoms with Crippen LogP contribution in [0.5, 0.6) is 0 Å². The highest BCUT2D eigenvalue weighted by Crippen LogP contribution is 2.24. The summed E-state index contributed by atoms with van der Waals surface area (Å²) in [7, 11) is 0. The van der Waals surface area contributed by atoms with Crippen molar-refractivity contribution in [2.24, 2.45) is 0 Å². The molecular weight excluding hydrogens is 264 g/mol. The number of carbonyl (C=O) groups is 3. The maximum atomic E-state index is 12.5. The van der Waals surface area contributed by atoms with Gasteiger partial charge >= 0.3 is 0 Å². The van der Waals surface area contributed by atoms with E-state index >= 15 is 0 Å². The number of carbonyl (C=O) groups excluding carboxylic acids is 3. The smallest absolute Gasteiger partial charge is 0.197 e. The summed E-state index contributed by atoms with van der Waals surface area (Å²) >= 11 is 0. The Bertz CT molecular complexity index is 813. The molecular formula is C18H12O3. The molecule has 0 bridgehead atoms. The zero-order valence-electron chi connectivity index (χ0n) is 11.4. The second-order valence-electron chi connectivity index (χ2n) is 4.94. The van der Waals surface area contributed by atoms with Crippen LogP contribution < -0.4 is 0 Å². The van der Waals surface area contributed by atoms with Gasteiger partial charge in [-0.2, -0.15) is 0 Å². The highest BCUT2D eigenvalue weighted by molar-refractivity contribution is 6.37. The van der Waals surface area contributed by atoms with E-state index in [1.54, 1.807) is 49.4 Å². The number of fused-ring (bicyclic) bond motifs is 1. The lowest BCUT2D eigenvalue weighted by Crippen LogP contribution is -2.22. The molecule has 0 aliphatic heterocycles. The molecule has 3 heteroatoms. The Labute approximate surface area is 121 Å². The summed E-state index contributed by atoms with van der Waals surface area (Å²) in [5.41, 5.74) is 1.81. The number of Topliss-reactive ketones (excluding diaryl/α,β-unsaturated/α-hetero) is 2. The molecule has 3 rings (SSSR count). The summed E-state index contributed by atoms with van der Waals surface area (Å²) < 4.78 is 0. The molecule has 3 nitrogen and oxygen atoms in total. The standard InChI is InChI=1S/C18H12O3/c1-11-6-2-3-7-12(11)17(20)15-10-16(19)13-8-4-5-9-14(13)18(15)21/h2-10H,1H3. The Hall–Kier alpha value is -2.81. The predicted molar refractivity (Wildman–Crippen MR) is 78.7 cm³/mol. The zero-order valence-corrected chi connectivity index (χ0v) is 11.4. The van der Waals surface area contributed by atoms with Crippen molar-refractivity contribution >= 4 is 17.3 Å². The molecule has 0 amide bonds. The molecule has 0 saturated carbocycles. The van der Waals surface area contributed by atoms with Gasteiger partial charge in [0.2, 0.25) is 0 Å². The monoisotopic (exact) mass is 276 g/mol. The molecule has 2 aromatic carbocycles. The van der Waals surface area contributed by atoms with E-state index < -0.39 is 11.6 Å². The maximum absolute atomic E-state index is 12.5. The predicted octanol–water partition coefficient (Wildman–Crippen LogP) is 3.18. The number of hydrogen-bond acceptors (Lipinski definition) is 3. The molecule has 0 atom stereocenters. The largest absolute Gasteiger partial charge is 0.289 e. The van der Waals surface area contributed by atoms with Crippen LogP contribution >= 0.6 is 0 Å². The molecule has 0 unspecified atom stereocenters. The van der Waals surface area contributed by atoms with Gasteiger partial charge in [0.05, 0.1) is 5.57 Å². The molecule has 21 heavy (non-hydrogen) atoms. The Morgan fingerprint density at radius 3 is 2.19 bits per heavy atom. The van der Waals surface area contributed by atoms with Gasteiger partial charge < -0.3 is 0 Å². The highest BCUT2D eigenvalue weighted by atomic mass is 16.2. The molecule has 1 aliphatic rings. The van der Waals surface area contributed by atoms with Gasteiger partial charge in [-0.15, -0.1) is 0 Å². The van der Waals surface area contributed by atoms with Crippen LogP contribution in [-0.4, -0.2) is 17.3 Å². The molecule has 0 fully saturated rings. The van der Waals surface area contributed by atoms with Crippen molar-refractivity contribution in [2.75, 3.05) is 0 Å². The van der Waals surface area contributed by atoms with Gasteiger partial charge in [-0.05, 0) is 12.5 Å². The summed E-state index contributed by atoms with van der Waals surface area (Å²) in [5, 5.41) is 0. The van der Waals surface area contributed by atoms with Crippen molar-refractivity contribution < 1.29 is 14.4 Å². The van der Waals surface area contributed by atoms with Gasteiger partial charge in [-0.1, -0.05) is 48.5 Å². The van der Waals surface area contributed by atoms with Gasteiger partial charge in [0, 0.05) is 22.8 Å². The van der Waals surface area contributed by atoms with E-state index in [2.05, 4.69) is 0 Å². The first kappa shape index (κ1) is 13.2. The molecule has 0 N–H and O–H groups in total. The minimum atomic E-state index is -0.402. The number of hydrogen-bond donors (Lipinski definition) is 0. The van der Waals surface area contributed by atoms with Crippen molar-refractivity contribution in [2.45, 2.75) is 6.92 Å². The molecule has 0 spiro atoms. The Morgan fingerprint density at radius 1 is 0.857 bits per heavy atom. The van der Waals surface area contributed by atoms with Crippen LogP contribution in [0, 0.1) is 6.92 Å². The Balaban J connectivity index is 2.09. The number of benzene rings is 2. The van der Waals surface area contributed by atoms with Crippen LogP contribution in [0.15, 0.2) is 60.2 Å². The fraction of sp³-hybridized carbons (Fsp3) is 0.0556. The highest BCUT2D eigenvalue weighted by Gasteiger charge is 2.30. The van der Waals surface area contributed by atoms with Gasteiger partial charge in [0.1, 0.15) is 0 Å². The third kappa shape index (κ3) is 2.13. The Kier molecular flexibility index (Phi) is 3.10. The molecule has 0 radical (unpaired) electrons. The normalized spacial score (nSPS) is 13.7. The van der Waals surface area contributed by atoms with Crippen molar-refractivity contribution in [3.63, 3.8) is 0 Å². The van der Waals surface area contributed by atoms with E-state index in [0.29, 0.717) is 16.7 Å². The van der Waals surface area contributed by atoms with E-state index in [-0.39, 0.29) is 11.4 Å². The van der Waals surface area contributed by atoms with Gasteiger partial charge in [0.15, 0.2) is 17.3 Å². The van der Waals surface area contributed by atoms with Crippen LogP contribution in [0.4, 0.5) is 0 Å². The molecule has 0 saturated heterocycles. The van der Waals surface area contributed by atoms with Crippen molar-refractivity contribution in [1.82, 2.24) is 0 Å². The third-order valence-corrected chi connectivity index (χ3v) is 3.59. The summed E-state index contributed by atoms with van der Waals surface area (Å²) in [6.07, 6.45) is 1.15.